The summed E-state index contributed by atoms with van der Waals surface area (Å²) in [5, 5.41) is 4.27. The van der Waals surface area contributed by atoms with Gasteiger partial charge in [0.25, 0.3) is 0 Å². The molecule has 1 aliphatic carbocycles. The van der Waals surface area contributed by atoms with Gasteiger partial charge in [-0.3, -0.25) is 4.79 Å². The fourth-order valence-electron chi connectivity index (χ4n) is 3.46. The van der Waals surface area contributed by atoms with Gasteiger partial charge in [0, 0.05) is 24.4 Å². The van der Waals surface area contributed by atoms with E-state index in [4.69, 9.17) is 4.84 Å². The summed E-state index contributed by atoms with van der Waals surface area (Å²) in [5.74, 6) is 0.0186. The number of amides is 1. The molecule has 1 unspecified atom stereocenters. The van der Waals surface area contributed by atoms with Gasteiger partial charge in [-0.2, -0.15) is 0 Å². The summed E-state index contributed by atoms with van der Waals surface area (Å²) in [4.78, 5) is 20.2. The Morgan fingerprint density at radius 2 is 1.93 bits per heavy atom. The molecule has 0 spiro atoms. The largest absolute Gasteiger partial charge is 0.390 e. The molecule has 0 N–H and O–H groups in total. The van der Waals surface area contributed by atoms with Gasteiger partial charge in [-0.05, 0) is 43.0 Å². The number of aryl methyl sites for hydroxylation is 1. The van der Waals surface area contributed by atoms with Crippen molar-refractivity contribution >= 4 is 11.6 Å². The first-order valence-electron chi connectivity index (χ1n) is 9.42. The van der Waals surface area contributed by atoms with E-state index in [2.05, 4.69) is 18.1 Å². The van der Waals surface area contributed by atoms with Crippen molar-refractivity contribution in [2.45, 2.75) is 38.8 Å². The molecule has 0 saturated heterocycles. The number of benzene rings is 2. The third kappa shape index (κ3) is 4.18. The Bertz CT molecular complexity index is 859. The summed E-state index contributed by atoms with van der Waals surface area (Å²) in [5.41, 5.74) is 4.11. The standard InChI is InChI=1S/C22H23FN2O2/c1-15-4-2-3-5-20(15)21-12-19(27-24-21)14-25(22(26)17-8-9-17)13-16-6-10-18(23)11-7-16/h2-7,10-11,17,19H,8-9,12-14H2,1H3. The number of rotatable bonds is 6. The smallest absolute Gasteiger partial charge is 0.226 e. The van der Waals surface area contributed by atoms with E-state index in [0.717, 1.165) is 35.2 Å². The van der Waals surface area contributed by atoms with Gasteiger partial charge >= 0.3 is 0 Å². The molecule has 0 radical (unpaired) electrons. The van der Waals surface area contributed by atoms with Crippen LogP contribution in [-0.4, -0.2) is 29.2 Å². The molecule has 5 heteroatoms. The summed E-state index contributed by atoms with van der Waals surface area (Å²) < 4.78 is 13.2. The van der Waals surface area contributed by atoms with Gasteiger partial charge in [0.1, 0.15) is 5.82 Å². The van der Waals surface area contributed by atoms with E-state index in [-0.39, 0.29) is 23.7 Å². The first-order valence-corrected chi connectivity index (χ1v) is 9.42. The lowest BCUT2D eigenvalue weighted by atomic mass is 10.00. The molecular weight excluding hydrogens is 343 g/mol. The maximum atomic E-state index is 13.2. The lowest BCUT2D eigenvalue weighted by Gasteiger charge is -2.25. The van der Waals surface area contributed by atoms with Crippen LogP contribution in [0.3, 0.4) is 0 Å². The van der Waals surface area contributed by atoms with Gasteiger partial charge in [0.05, 0.1) is 12.3 Å². The van der Waals surface area contributed by atoms with Gasteiger partial charge < -0.3 is 9.74 Å². The second kappa shape index (κ2) is 7.51. The van der Waals surface area contributed by atoms with Gasteiger partial charge in [-0.1, -0.05) is 41.6 Å². The van der Waals surface area contributed by atoms with Crippen LogP contribution in [0, 0.1) is 18.7 Å². The number of carbonyl (C=O) groups excluding carboxylic acids is 1. The zero-order chi connectivity index (χ0) is 18.8. The van der Waals surface area contributed by atoms with Crippen LogP contribution in [0.25, 0.3) is 0 Å². The van der Waals surface area contributed by atoms with Crippen molar-refractivity contribution in [1.29, 1.82) is 0 Å². The van der Waals surface area contributed by atoms with Gasteiger partial charge in [0.15, 0.2) is 6.10 Å². The molecule has 0 bridgehead atoms. The second-order valence-electron chi connectivity index (χ2n) is 7.40. The van der Waals surface area contributed by atoms with Crippen LogP contribution in [0.4, 0.5) is 4.39 Å². The van der Waals surface area contributed by atoms with Crippen molar-refractivity contribution in [2.24, 2.45) is 11.1 Å². The number of nitrogens with zero attached hydrogens (tertiary/aromatic N) is 2. The van der Waals surface area contributed by atoms with Gasteiger partial charge in [-0.25, -0.2) is 4.39 Å². The van der Waals surface area contributed by atoms with Crippen molar-refractivity contribution in [3.05, 3.63) is 71.0 Å². The van der Waals surface area contributed by atoms with Crippen molar-refractivity contribution in [1.82, 2.24) is 4.90 Å². The lowest BCUT2D eigenvalue weighted by Crippen LogP contribution is -2.38. The Hall–Kier alpha value is -2.69. The highest BCUT2D eigenvalue weighted by Gasteiger charge is 2.35. The van der Waals surface area contributed by atoms with Crippen molar-refractivity contribution < 1.29 is 14.0 Å². The summed E-state index contributed by atoms with van der Waals surface area (Å²) in [6.07, 6.45) is 2.44. The number of carbonyl (C=O) groups is 1. The SMILES string of the molecule is Cc1ccccc1C1=NOC(CN(Cc2ccc(F)cc2)C(=O)C2CC2)C1. The highest BCUT2D eigenvalue weighted by molar-refractivity contribution is 6.02. The molecule has 140 valence electrons. The molecule has 1 saturated carbocycles. The monoisotopic (exact) mass is 366 g/mol. The Morgan fingerprint density at radius 3 is 2.63 bits per heavy atom. The predicted octanol–water partition coefficient (Wildman–Crippen LogP) is 4.07. The van der Waals surface area contributed by atoms with Gasteiger partial charge in [-0.15, -0.1) is 0 Å². The molecule has 1 aliphatic heterocycles. The molecule has 2 aromatic rings. The normalized spacial score (nSPS) is 18.7. The molecule has 2 aliphatic rings. The minimum Gasteiger partial charge on any atom is -0.390 e. The Labute approximate surface area is 158 Å². The molecule has 1 fully saturated rings. The molecular formula is C22H23FN2O2. The molecule has 1 atom stereocenters. The third-order valence-electron chi connectivity index (χ3n) is 5.14. The van der Waals surface area contributed by atoms with Crippen LogP contribution in [0.2, 0.25) is 0 Å². The number of oxime groups is 1. The average molecular weight is 366 g/mol. The Kier molecular flexibility index (Phi) is 4.92. The zero-order valence-corrected chi connectivity index (χ0v) is 15.4. The van der Waals surface area contributed by atoms with Crippen LogP contribution >= 0.6 is 0 Å². The number of hydrogen-bond acceptors (Lipinski definition) is 3. The van der Waals surface area contributed by atoms with Gasteiger partial charge in [0.2, 0.25) is 5.91 Å². The second-order valence-corrected chi connectivity index (χ2v) is 7.40. The molecule has 27 heavy (non-hydrogen) atoms. The van der Waals surface area contributed by atoms with Crippen molar-refractivity contribution in [2.75, 3.05) is 6.54 Å². The zero-order valence-electron chi connectivity index (χ0n) is 15.4. The Balaban J connectivity index is 1.44. The maximum absolute atomic E-state index is 13.2. The van der Waals surface area contributed by atoms with Crippen LogP contribution in [-0.2, 0) is 16.2 Å². The predicted molar refractivity (Wildman–Crippen MR) is 102 cm³/mol. The van der Waals surface area contributed by atoms with E-state index in [1.807, 2.05) is 23.1 Å². The summed E-state index contributed by atoms with van der Waals surface area (Å²) >= 11 is 0. The molecule has 4 nitrogen and oxygen atoms in total. The van der Waals surface area contributed by atoms with Crippen LogP contribution in [0.1, 0.15) is 36.0 Å². The molecule has 1 amide bonds. The van der Waals surface area contributed by atoms with E-state index in [0.29, 0.717) is 19.5 Å². The molecule has 4 rings (SSSR count). The van der Waals surface area contributed by atoms with E-state index in [1.54, 1.807) is 12.1 Å². The minimum absolute atomic E-state index is 0.128. The first kappa shape index (κ1) is 17.7. The molecule has 0 aromatic heterocycles. The Morgan fingerprint density at radius 1 is 1.19 bits per heavy atom. The maximum Gasteiger partial charge on any atom is 0.226 e. The van der Waals surface area contributed by atoms with Crippen LogP contribution in [0.5, 0.6) is 0 Å². The van der Waals surface area contributed by atoms with Crippen LogP contribution < -0.4 is 0 Å². The van der Waals surface area contributed by atoms with Crippen LogP contribution in [0.15, 0.2) is 53.7 Å². The van der Waals surface area contributed by atoms with Crippen molar-refractivity contribution in [3.8, 4) is 0 Å². The van der Waals surface area contributed by atoms with E-state index >= 15 is 0 Å². The fraction of sp³-hybridized carbons (Fsp3) is 0.364. The third-order valence-corrected chi connectivity index (χ3v) is 5.14. The highest BCUT2D eigenvalue weighted by Crippen LogP contribution is 2.32. The minimum atomic E-state index is -0.269. The number of halogens is 1. The number of hydrogen-bond donors (Lipinski definition) is 0. The first-order chi connectivity index (χ1) is 13.1. The molecule has 1 heterocycles. The summed E-state index contributed by atoms with van der Waals surface area (Å²) in [7, 11) is 0. The van der Waals surface area contributed by atoms with Crippen molar-refractivity contribution in [3.63, 3.8) is 0 Å². The topological polar surface area (TPSA) is 41.9 Å². The summed E-state index contributed by atoms with van der Waals surface area (Å²) in [6, 6.07) is 14.4. The van der Waals surface area contributed by atoms with E-state index < -0.39 is 0 Å². The quantitative estimate of drug-likeness (QED) is 0.773. The lowest BCUT2D eigenvalue weighted by molar-refractivity contribution is -0.135. The fourth-order valence-corrected chi connectivity index (χ4v) is 3.46. The van der Waals surface area contributed by atoms with E-state index in [1.165, 1.54) is 12.1 Å². The average Bonchev–Trinajstić information content (AvgIpc) is 3.42. The van der Waals surface area contributed by atoms with E-state index in [9.17, 15) is 9.18 Å². The highest BCUT2D eigenvalue weighted by atomic mass is 19.1. The summed E-state index contributed by atoms with van der Waals surface area (Å²) in [6.45, 7) is 3.02. The molecule has 2 aromatic carbocycles.